The van der Waals surface area contributed by atoms with Crippen molar-refractivity contribution in [1.82, 2.24) is 19.7 Å². The molecule has 0 bridgehead atoms. The first-order chi connectivity index (χ1) is 17.1. The van der Waals surface area contributed by atoms with Gasteiger partial charge in [-0.3, -0.25) is 14.3 Å². The molecule has 0 spiro atoms. The average molecular weight is 507 g/mol. The summed E-state index contributed by atoms with van der Waals surface area (Å²) < 4.78 is 51.3. The van der Waals surface area contributed by atoms with Gasteiger partial charge in [-0.2, -0.15) is 18.3 Å². The van der Waals surface area contributed by atoms with E-state index >= 15 is 0 Å². The van der Waals surface area contributed by atoms with Crippen LogP contribution < -0.4 is 10.1 Å². The Morgan fingerprint density at radius 3 is 2.69 bits per heavy atom. The molecule has 192 valence electrons. The van der Waals surface area contributed by atoms with E-state index in [9.17, 15) is 27.9 Å². The number of amides is 2. The third kappa shape index (κ3) is 6.10. The molecule has 3 heterocycles. The second kappa shape index (κ2) is 10.5. The summed E-state index contributed by atoms with van der Waals surface area (Å²) in [5, 5.41) is 17.1. The van der Waals surface area contributed by atoms with Crippen LogP contribution in [0.4, 0.5) is 18.9 Å². The first-order valence-corrected chi connectivity index (χ1v) is 11.1. The van der Waals surface area contributed by atoms with Gasteiger partial charge in [0.05, 0.1) is 30.5 Å². The summed E-state index contributed by atoms with van der Waals surface area (Å²) >= 11 is 0. The van der Waals surface area contributed by atoms with Gasteiger partial charge >= 0.3 is 6.18 Å². The summed E-state index contributed by atoms with van der Waals surface area (Å²) in [7, 11) is 0. The number of aliphatic hydroxyl groups excluding tert-OH is 1. The monoisotopic (exact) mass is 507 g/mol. The molecule has 0 radical (unpaired) electrons. The van der Waals surface area contributed by atoms with E-state index in [1.165, 1.54) is 23.7 Å². The standard InChI is InChI=1S/C23H24F3N5O5/c1-14(32)13-36-19-10-17-15(11-31(29-17)12-21(33)30-5-7-35-8-6-30)9-18(19)28-22(34)16-3-2-4-20(27-16)23(24,25)26/h2-4,9-11,14,32H,5-8,12-13H2,1H3,(H,28,34). The van der Waals surface area contributed by atoms with Gasteiger partial charge < -0.3 is 24.8 Å². The fourth-order valence-corrected chi connectivity index (χ4v) is 3.57. The molecule has 10 nitrogen and oxygen atoms in total. The number of benzene rings is 1. The lowest BCUT2D eigenvalue weighted by Crippen LogP contribution is -2.42. The van der Waals surface area contributed by atoms with Crippen molar-refractivity contribution in [2.45, 2.75) is 25.7 Å². The van der Waals surface area contributed by atoms with Crippen molar-refractivity contribution in [3.63, 3.8) is 0 Å². The Labute approximate surface area is 203 Å². The van der Waals surface area contributed by atoms with E-state index < -0.39 is 29.6 Å². The Hall–Kier alpha value is -3.71. The minimum absolute atomic E-state index is 0.00556. The summed E-state index contributed by atoms with van der Waals surface area (Å²) in [6, 6.07) is 6.07. The number of rotatable bonds is 7. The van der Waals surface area contributed by atoms with E-state index in [-0.39, 0.29) is 30.5 Å². The molecule has 1 aliphatic heterocycles. The van der Waals surface area contributed by atoms with Crippen LogP contribution in [-0.2, 0) is 22.3 Å². The molecular formula is C23H24F3N5O5. The van der Waals surface area contributed by atoms with E-state index in [4.69, 9.17) is 9.47 Å². The van der Waals surface area contributed by atoms with E-state index in [0.29, 0.717) is 37.2 Å². The van der Waals surface area contributed by atoms with Crippen molar-refractivity contribution in [2.75, 3.05) is 38.2 Å². The van der Waals surface area contributed by atoms with Crippen LogP contribution in [0.2, 0.25) is 0 Å². The third-order valence-electron chi connectivity index (χ3n) is 5.31. The highest BCUT2D eigenvalue weighted by Gasteiger charge is 2.33. The quantitative estimate of drug-likeness (QED) is 0.504. The number of ether oxygens (including phenoxy) is 2. The third-order valence-corrected chi connectivity index (χ3v) is 5.31. The van der Waals surface area contributed by atoms with E-state index in [1.54, 1.807) is 11.1 Å². The van der Waals surface area contributed by atoms with Crippen LogP contribution in [0.25, 0.3) is 10.9 Å². The van der Waals surface area contributed by atoms with Crippen molar-refractivity contribution >= 4 is 28.4 Å². The Kier molecular flexibility index (Phi) is 7.40. The van der Waals surface area contributed by atoms with Crippen LogP contribution in [0, 0.1) is 0 Å². The highest BCUT2D eigenvalue weighted by molar-refractivity contribution is 6.05. The maximum atomic E-state index is 13.0. The Balaban J connectivity index is 1.60. The zero-order valence-electron chi connectivity index (χ0n) is 19.3. The molecule has 13 heteroatoms. The number of hydrogen-bond donors (Lipinski definition) is 2. The highest BCUT2D eigenvalue weighted by Crippen LogP contribution is 2.31. The maximum Gasteiger partial charge on any atom is 0.433 e. The van der Waals surface area contributed by atoms with Crippen molar-refractivity contribution in [2.24, 2.45) is 0 Å². The number of aromatic nitrogens is 3. The number of anilines is 1. The SMILES string of the molecule is CC(O)COc1cc2nn(CC(=O)N3CCOCC3)cc2cc1NC(=O)c1cccc(C(F)(F)F)n1. The van der Waals surface area contributed by atoms with Crippen molar-refractivity contribution in [1.29, 1.82) is 0 Å². The lowest BCUT2D eigenvalue weighted by atomic mass is 10.2. The summed E-state index contributed by atoms with van der Waals surface area (Å²) in [6.07, 6.45) is -3.91. The van der Waals surface area contributed by atoms with Gasteiger partial charge in [-0.15, -0.1) is 0 Å². The normalized spacial score (nSPS) is 15.1. The Bertz CT molecular complexity index is 1250. The van der Waals surface area contributed by atoms with Crippen LogP contribution in [-0.4, -0.2) is 75.6 Å². The van der Waals surface area contributed by atoms with Crippen LogP contribution >= 0.6 is 0 Å². The molecule has 1 aromatic carbocycles. The average Bonchev–Trinajstić information content (AvgIpc) is 3.23. The number of halogens is 3. The lowest BCUT2D eigenvalue weighted by molar-refractivity contribution is -0.141. The summed E-state index contributed by atoms with van der Waals surface area (Å²) in [6.45, 7) is 3.34. The maximum absolute atomic E-state index is 13.0. The molecule has 1 atom stereocenters. The highest BCUT2D eigenvalue weighted by atomic mass is 19.4. The summed E-state index contributed by atoms with van der Waals surface area (Å²) in [4.78, 5) is 30.4. The molecule has 1 unspecified atom stereocenters. The van der Waals surface area contributed by atoms with E-state index in [2.05, 4.69) is 15.4 Å². The number of alkyl halides is 3. The second-order valence-electron chi connectivity index (χ2n) is 8.25. The molecular weight excluding hydrogens is 483 g/mol. The molecule has 3 aromatic rings. The van der Waals surface area contributed by atoms with Crippen molar-refractivity contribution < 1.29 is 37.3 Å². The van der Waals surface area contributed by atoms with E-state index in [0.717, 1.165) is 18.2 Å². The molecule has 2 aromatic heterocycles. The molecule has 2 N–H and O–H groups in total. The number of hydrogen-bond acceptors (Lipinski definition) is 7. The number of nitrogens with zero attached hydrogens (tertiary/aromatic N) is 4. The molecule has 0 aliphatic carbocycles. The fraction of sp³-hybridized carbons (Fsp3) is 0.391. The molecule has 0 saturated carbocycles. The zero-order chi connectivity index (χ0) is 25.9. The Morgan fingerprint density at radius 1 is 1.25 bits per heavy atom. The fourth-order valence-electron chi connectivity index (χ4n) is 3.57. The smallest absolute Gasteiger partial charge is 0.433 e. The van der Waals surface area contributed by atoms with Crippen LogP contribution in [0.5, 0.6) is 5.75 Å². The predicted molar refractivity (Wildman–Crippen MR) is 122 cm³/mol. The number of fused-ring (bicyclic) bond motifs is 1. The summed E-state index contributed by atoms with van der Waals surface area (Å²) in [5.41, 5.74) is -1.02. The zero-order valence-corrected chi connectivity index (χ0v) is 19.3. The molecule has 4 rings (SSSR count). The van der Waals surface area contributed by atoms with Crippen LogP contribution in [0.15, 0.2) is 36.5 Å². The number of nitrogens with one attached hydrogen (secondary N) is 1. The number of morpholine rings is 1. The van der Waals surface area contributed by atoms with Gasteiger partial charge in [0.25, 0.3) is 5.91 Å². The van der Waals surface area contributed by atoms with Gasteiger partial charge in [0.1, 0.15) is 30.3 Å². The second-order valence-corrected chi connectivity index (χ2v) is 8.25. The van der Waals surface area contributed by atoms with Gasteiger partial charge in [-0.1, -0.05) is 6.07 Å². The predicted octanol–water partition coefficient (Wildman–Crippen LogP) is 2.32. The largest absolute Gasteiger partial charge is 0.489 e. The number of carbonyl (C=O) groups excluding carboxylic acids is 2. The van der Waals surface area contributed by atoms with Crippen molar-refractivity contribution in [3.8, 4) is 5.75 Å². The molecule has 2 amide bonds. The van der Waals surface area contributed by atoms with Gasteiger partial charge in [0.15, 0.2) is 0 Å². The molecule has 1 aliphatic rings. The first kappa shape index (κ1) is 25.4. The first-order valence-electron chi connectivity index (χ1n) is 11.1. The van der Waals surface area contributed by atoms with Gasteiger partial charge in [-0.05, 0) is 25.1 Å². The number of pyridine rings is 1. The van der Waals surface area contributed by atoms with Crippen LogP contribution in [0.3, 0.4) is 0 Å². The molecule has 36 heavy (non-hydrogen) atoms. The number of carbonyl (C=O) groups is 2. The van der Waals surface area contributed by atoms with E-state index in [1.807, 2.05) is 0 Å². The molecule has 1 fully saturated rings. The summed E-state index contributed by atoms with van der Waals surface area (Å²) in [5.74, 6) is -0.855. The van der Waals surface area contributed by atoms with Crippen LogP contribution in [0.1, 0.15) is 23.1 Å². The van der Waals surface area contributed by atoms with Gasteiger partial charge in [-0.25, -0.2) is 4.98 Å². The van der Waals surface area contributed by atoms with Gasteiger partial charge in [0.2, 0.25) is 5.91 Å². The molecule has 1 saturated heterocycles. The number of aliphatic hydroxyl groups is 1. The van der Waals surface area contributed by atoms with Gasteiger partial charge in [0, 0.05) is 30.7 Å². The lowest BCUT2D eigenvalue weighted by Gasteiger charge is -2.26. The minimum atomic E-state index is -4.70. The Morgan fingerprint density at radius 2 is 2.00 bits per heavy atom. The minimum Gasteiger partial charge on any atom is -0.489 e. The van der Waals surface area contributed by atoms with Crippen molar-refractivity contribution in [3.05, 3.63) is 47.9 Å². The topological polar surface area (TPSA) is 119 Å².